The van der Waals surface area contributed by atoms with Crippen LogP contribution in [0, 0.1) is 17.1 Å². The van der Waals surface area contributed by atoms with Gasteiger partial charge in [0, 0.05) is 0 Å². The first-order valence-electron chi connectivity index (χ1n) is 9.14. The highest BCUT2D eigenvalue weighted by Crippen LogP contribution is 2.19. The van der Waals surface area contributed by atoms with Crippen LogP contribution in [0.2, 0.25) is 0 Å². The normalized spacial score (nSPS) is 10.7. The Morgan fingerprint density at radius 3 is 2.23 bits per heavy atom. The van der Waals surface area contributed by atoms with Crippen LogP contribution in [0.4, 0.5) is 10.1 Å². The second-order valence-electron chi connectivity index (χ2n) is 6.29. The average Bonchev–Trinajstić information content (AvgIpc) is 2.80. The number of halogens is 1. The van der Waals surface area contributed by atoms with Gasteiger partial charge in [-0.05, 0) is 60.2 Å². The predicted molar refractivity (Wildman–Crippen MR) is 113 cm³/mol. The van der Waals surface area contributed by atoms with E-state index in [4.69, 9.17) is 9.47 Å². The zero-order chi connectivity index (χ0) is 22.2. The van der Waals surface area contributed by atoms with Gasteiger partial charge in [0.05, 0.1) is 18.4 Å². The van der Waals surface area contributed by atoms with E-state index >= 15 is 0 Å². The van der Waals surface area contributed by atoms with Crippen molar-refractivity contribution < 1.29 is 23.5 Å². The second-order valence-corrected chi connectivity index (χ2v) is 6.29. The third-order valence-corrected chi connectivity index (χ3v) is 4.21. The Morgan fingerprint density at radius 1 is 0.968 bits per heavy atom. The van der Waals surface area contributed by atoms with Crippen molar-refractivity contribution in [2.75, 3.05) is 12.4 Å². The number of benzene rings is 3. The zero-order valence-corrected chi connectivity index (χ0v) is 16.5. The molecule has 0 fully saturated rings. The monoisotopic (exact) mass is 416 g/mol. The van der Waals surface area contributed by atoms with Crippen LogP contribution in [-0.4, -0.2) is 19.0 Å². The SMILES string of the molecule is COc1ccc(C(=O)Oc2ccc(/C=C(/C#N)C(=O)Nc3ccccc3F)cc2)cc1. The van der Waals surface area contributed by atoms with Gasteiger partial charge in [-0.15, -0.1) is 0 Å². The second kappa shape index (κ2) is 9.85. The van der Waals surface area contributed by atoms with Gasteiger partial charge in [-0.1, -0.05) is 24.3 Å². The molecular weight excluding hydrogens is 399 g/mol. The maximum atomic E-state index is 13.7. The molecule has 154 valence electrons. The van der Waals surface area contributed by atoms with E-state index < -0.39 is 17.7 Å². The molecule has 0 aliphatic rings. The first-order valence-corrected chi connectivity index (χ1v) is 9.14. The van der Waals surface area contributed by atoms with E-state index in [1.807, 2.05) is 0 Å². The molecule has 0 atom stereocenters. The lowest BCUT2D eigenvalue weighted by atomic mass is 10.1. The van der Waals surface area contributed by atoms with E-state index in [-0.39, 0.29) is 11.3 Å². The van der Waals surface area contributed by atoms with E-state index in [9.17, 15) is 19.2 Å². The van der Waals surface area contributed by atoms with Gasteiger partial charge in [-0.25, -0.2) is 9.18 Å². The Bertz CT molecular complexity index is 1160. The van der Waals surface area contributed by atoms with Crippen molar-refractivity contribution in [3.05, 3.63) is 95.3 Å². The smallest absolute Gasteiger partial charge is 0.343 e. The topological polar surface area (TPSA) is 88.4 Å². The van der Waals surface area contributed by atoms with Gasteiger partial charge in [0.25, 0.3) is 5.91 Å². The highest BCUT2D eigenvalue weighted by atomic mass is 19.1. The molecule has 31 heavy (non-hydrogen) atoms. The van der Waals surface area contributed by atoms with Crippen LogP contribution in [0.1, 0.15) is 15.9 Å². The van der Waals surface area contributed by atoms with Crippen LogP contribution in [0.25, 0.3) is 6.08 Å². The molecule has 7 heteroatoms. The Balaban J connectivity index is 1.68. The fourth-order valence-electron chi connectivity index (χ4n) is 2.59. The van der Waals surface area contributed by atoms with Crippen LogP contribution in [-0.2, 0) is 4.79 Å². The number of para-hydroxylation sites is 1. The maximum Gasteiger partial charge on any atom is 0.343 e. The molecule has 0 aliphatic carbocycles. The first kappa shape index (κ1) is 21.3. The molecule has 3 aromatic rings. The highest BCUT2D eigenvalue weighted by molar-refractivity contribution is 6.09. The van der Waals surface area contributed by atoms with Crippen LogP contribution >= 0.6 is 0 Å². The van der Waals surface area contributed by atoms with Gasteiger partial charge in [0.1, 0.15) is 29.0 Å². The molecule has 0 saturated carbocycles. The van der Waals surface area contributed by atoms with Crippen molar-refractivity contribution in [2.24, 2.45) is 0 Å². The van der Waals surface area contributed by atoms with E-state index in [0.717, 1.165) is 0 Å². The summed E-state index contributed by atoms with van der Waals surface area (Å²) in [7, 11) is 1.53. The summed E-state index contributed by atoms with van der Waals surface area (Å²) in [6, 6.07) is 20.2. The van der Waals surface area contributed by atoms with Crippen molar-refractivity contribution in [3.8, 4) is 17.6 Å². The van der Waals surface area contributed by atoms with Gasteiger partial charge in [-0.3, -0.25) is 4.79 Å². The van der Waals surface area contributed by atoms with Gasteiger partial charge < -0.3 is 14.8 Å². The number of nitrogens with zero attached hydrogens (tertiary/aromatic N) is 1. The summed E-state index contributed by atoms with van der Waals surface area (Å²) in [4.78, 5) is 24.5. The van der Waals surface area contributed by atoms with Gasteiger partial charge >= 0.3 is 5.97 Å². The van der Waals surface area contributed by atoms with Gasteiger partial charge in [0.15, 0.2) is 0 Å². The van der Waals surface area contributed by atoms with E-state index in [2.05, 4.69) is 5.32 Å². The first-order chi connectivity index (χ1) is 15.0. The molecule has 1 amide bonds. The molecule has 0 aromatic heterocycles. The molecule has 0 spiro atoms. The van der Waals surface area contributed by atoms with E-state index in [1.165, 1.54) is 43.5 Å². The Labute approximate surface area is 178 Å². The fourth-order valence-corrected chi connectivity index (χ4v) is 2.59. The van der Waals surface area contributed by atoms with E-state index in [0.29, 0.717) is 22.6 Å². The van der Waals surface area contributed by atoms with Crippen molar-refractivity contribution in [3.63, 3.8) is 0 Å². The molecule has 0 saturated heterocycles. The number of carbonyl (C=O) groups excluding carboxylic acids is 2. The van der Waals surface area contributed by atoms with Crippen molar-refractivity contribution in [1.29, 1.82) is 5.26 Å². The quantitative estimate of drug-likeness (QED) is 0.275. The van der Waals surface area contributed by atoms with Crippen LogP contribution in [0.3, 0.4) is 0 Å². The lowest BCUT2D eigenvalue weighted by Crippen LogP contribution is -2.14. The number of ether oxygens (including phenoxy) is 2. The van der Waals surface area contributed by atoms with Crippen LogP contribution in [0.15, 0.2) is 78.4 Å². The lowest BCUT2D eigenvalue weighted by Gasteiger charge is -2.06. The van der Waals surface area contributed by atoms with Crippen molar-refractivity contribution in [1.82, 2.24) is 0 Å². The lowest BCUT2D eigenvalue weighted by molar-refractivity contribution is -0.112. The number of nitriles is 1. The Morgan fingerprint density at radius 2 is 1.61 bits per heavy atom. The summed E-state index contributed by atoms with van der Waals surface area (Å²) in [5.74, 6) is -0.945. The molecule has 0 heterocycles. The number of hydrogen-bond donors (Lipinski definition) is 1. The number of amides is 1. The van der Waals surface area contributed by atoms with Crippen LogP contribution in [0.5, 0.6) is 11.5 Å². The van der Waals surface area contributed by atoms with Crippen molar-refractivity contribution in [2.45, 2.75) is 0 Å². The standard InChI is InChI=1S/C24H17FN2O4/c1-30-19-12-8-17(9-13-19)24(29)31-20-10-6-16(7-11-20)14-18(15-26)23(28)27-22-5-3-2-4-21(22)25/h2-14H,1H3,(H,27,28)/b18-14-. The van der Waals surface area contributed by atoms with Gasteiger partial charge in [0.2, 0.25) is 0 Å². The number of esters is 1. The highest BCUT2D eigenvalue weighted by Gasteiger charge is 2.12. The van der Waals surface area contributed by atoms with E-state index in [1.54, 1.807) is 48.5 Å². The summed E-state index contributed by atoms with van der Waals surface area (Å²) >= 11 is 0. The third kappa shape index (κ3) is 5.55. The molecule has 3 aromatic carbocycles. The Kier molecular flexibility index (Phi) is 6.76. The number of hydrogen-bond acceptors (Lipinski definition) is 5. The van der Waals surface area contributed by atoms with Crippen LogP contribution < -0.4 is 14.8 Å². The minimum atomic E-state index is -0.734. The molecule has 0 radical (unpaired) electrons. The minimum Gasteiger partial charge on any atom is -0.497 e. The molecule has 0 aliphatic heterocycles. The summed E-state index contributed by atoms with van der Waals surface area (Å²) in [6.45, 7) is 0. The molecule has 0 unspecified atom stereocenters. The summed E-state index contributed by atoms with van der Waals surface area (Å²) in [5, 5.41) is 11.7. The summed E-state index contributed by atoms with van der Waals surface area (Å²) in [5.41, 5.74) is 0.673. The van der Waals surface area contributed by atoms with Gasteiger partial charge in [-0.2, -0.15) is 5.26 Å². The molecule has 0 bridgehead atoms. The largest absolute Gasteiger partial charge is 0.497 e. The number of anilines is 1. The minimum absolute atomic E-state index is 0.0190. The molecule has 3 rings (SSSR count). The zero-order valence-electron chi connectivity index (χ0n) is 16.5. The third-order valence-electron chi connectivity index (χ3n) is 4.21. The number of carbonyl (C=O) groups is 2. The molecule has 6 nitrogen and oxygen atoms in total. The number of rotatable bonds is 6. The fraction of sp³-hybridized carbons (Fsp3) is 0.0417. The summed E-state index contributed by atoms with van der Waals surface area (Å²) < 4.78 is 24.1. The van der Waals surface area contributed by atoms with Crippen molar-refractivity contribution >= 4 is 23.6 Å². The maximum absolute atomic E-state index is 13.7. The number of methoxy groups -OCH3 is 1. The number of nitrogens with one attached hydrogen (secondary N) is 1. The molecule has 1 N–H and O–H groups in total. The Hall–Kier alpha value is -4.44. The molecular formula is C24H17FN2O4. The predicted octanol–water partition coefficient (Wildman–Crippen LogP) is 4.60. The summed E-state index contributed by atoms with van der Waals surface area (Å²) in [6.07, 6.45) is 1.35. The average molecular weight is 416 g/mol.